The first-order valence-electron chi connectivity index (χ1n) is 22.8. The fourth-order valence-corrected chi connectivity index (χ4v) is 8.96. The van der Waals surface area contributed by atoms with Crippen molar-refractivity contribution in [2.75, 3.05) is 4.90 Å². The van der Waals surface area contributed by atoms with E-state index in [0.717, 1.165) is 68.5 Å². The van der Waals surface area contributed by atoms with E-state index in [-0.39, 0.29) is 33.8 Å². The lowest BCUT2D eigenvalue weighted by atomic mass is 9.90. The summed E-state index contributed by atoms with van der Waals surface area (Å²) in [5, 5.41) is 73.4. The smallest absolute Gasteiger partial charge is 0.186 e. The van der Waals surface area contributed by atoms with Crippen LogP contribution in [0.15, 0.2) is 230 Å². The molecule has 0 atom stereocenters. The summed E-state index contributed by atoms with van der Waals surface area (Å²) in [6.45, 7) is 7.18. The monoisotopic (exact) mass is 905 g/mol. The number of rotatable bonds is 12. The predicted molar refractivity (Wildman–Crippen MR) is 281 cm³/mol. The molecule has 8 aromatic carbocycles. The Morgan fingerprint density at radius 2 is 0.928 bits per heavy atom. The maximum absolute atomic E-state index is 12.4. The highest BCUT2D eigenvalue weighted by Crippen LogP contribution is 2.55. The van der Waals surface area contributed by atoms with Gasteiger partial charge in [-0.1, -0.05) is 158 Å². The second kappa shape index (κ2) is 19.5. The molecule has 0 heterocycles. The van der Waals surface area contributed by atoms with Crippen molar-refractivity contribution in [3.8, 4) is 72.9 Å². The zero-order valence-electron chi connectivity index (χ0n) is 38.3. The molecule has 0 unspecified atom stereocenters. The van der Waals surface area contributed by atoms with Gasteiger partial charge in [-0.3, -0.25) is 0 Å². The highest BCUT2D eigenvalue weighted by atomic mass is 16.3. The van der Waals surface area contributed by atoms with Crippen LogP contribution in [0.4, 0.5) is 11.4 Å². The summed E-state index contributed by atoms with van der Waals surface area (Å²) in [4.78, 5) is 1.32. The Morgan fingerprint density at radius 1 is 0.478 bits per heavy atom. The highest BCUT2D eigenvalue weighted by Gasteiger charge is 2.33. The molecule has 9 rings (SSSR count). The van der Waals surface area contributed by atoms with Crippen molar-refractivity contribution in [1.82, 2.24) is 0 Å². The van der Waals surface area contributed by atoms with Gasteiger partial charge in [-0.15, -0.1) is 0 Å². The molecule has 69 heavy (non-hydrogen) atoms. The van der Waals surface area contributed by atoms with Crippen molar-refractivity contribution in [2.45, 2.75) is 26.7 Å². The molecule has 7 nitrogen and oxygen atoms in total. The van der Waals surface area contributed by atoms with Gasteiger partial charge in [0.05, 0.1) is 11.3 Å². The van der Waals surface area contributed by atoms with Gasteiger partial charge in [-0.2, -0.15) is 0 Å². The van der Waals surface area contributed by atoms with Crippen molar-refractivity contribution in [3.63, 3.8) is 0 Å². The number of hydrogen-bond acceptors (Lipinski definition) is 7. The van der Waals surface area contributed by atoms with E-state index in [1.807, 2.05) is 164 Å². The van der Waals surface area contributed by atoms with E-state index in [1.54, 1.807) is 19.1 Å². The first-order chi connectivity index (χ1) is 33.5. The van der Waals surface area contributed by atoms with Gasteiger partial charge in [0.15, 0.2) is 23.0 Å². The number of phenols is 3. The lowest BCUT2D eigenvalue weighted by Crippen LogP contribution is -2.22. The molecular formula is C62H51NO6. The maximum atomic E-state index is 12.4. The topological polar surface area (TPSA) is 125 Å². The van der Waals surface area contributed by atoms with Gasteiger partial charge >= 0.3 is 0 Å². The SMILES string of the molecule is C=C(/C(O)=C(O)\C(=C(/C)O)N(c1ccc(-c2ccccc2)cc1)c1c(C)c(O)c(-c2cc(-c3ccccc3)cc(-c3ccccc3)c2)c(O)c1O)c1cc(C2=CCCC=C2)cc(-c2ccccc2)c1. The minimum absolute atomic E-state index is 0.0256. The molecule has 0 bridgehead atoms. The molecule has 8 aromatic rings. The maximum Gasteiger partial charge on any atom is 0.186 e. The third-order valence-corrected chi connectivity index (χ3v) is 12.5. The summed E-state index contributed by atoms with van der Waals surface area (Å²) in [6.07, 6.45) is 8.16. The summed E-state index contributed by atoms with van der Waals surface area (Å²) in [5.74, 6) is -3.55. The zero-order chi connectivity index (χ0) is 48.2. The number of hydrogen-bond donors (Lipinski definition) is 6. The summed E-state index contributed by atoms with van der Waals surface area (Å²) in [6, 6.07) is 57.7. The molecule has 1 aliphatic rings. The number of aliphatic hydroxyl groups is 3. The summed E-state index contributed by atoms with van der Waals surface area (Å²) >= 11 is 0. The molecule has 7 heteroatoms. The molecule has 0 radical (unpaired) electrons. The Hall–Kier alpha value is -8.94. The van der Waals surface area contributed by atoms with Crippen LogP contribution in [0.3, 0.4) is 0 Å². The molecule has 0 saturated carbocycles. The van der Waals surface area contributed by atoms with Crippen LogP contribution in [0, 0.1) is 6.92 Å². The van der Waals surface area contributed by atoms with Gasteiger partial charge in [0.1, 0.15) is 17.2 Å². The first kappa shape index (κ1) is 45.2. The molecule has 0 saturated heterocycles. The van der Waals surface area contributed by atoms with E-state index >= 15 is 0 Å². The van der Waals surface area contributed by atoms with Crippen molar-refractivity contribution >= 4 is 22.5 Å². The quantitative estimate of drug-likeness (QED) is 0.0312. The standard InChI is InChI=1S/C62H51NO6/c1-39(48-33-49(43-21-11-5-12-22-43)35-50(34-48)44-23-13-6-14-24-44)59(66)62(69)57(41(3)64)63(54-31-29-47(30-32-54)42-19-9-4-10-20-42)56-40(2)58(65)55(60(67)61(56)68)53-37-51(45-25-15-7-16-26-45)36-52(38-53)46-27-17-8-18-28-46/h4-5,7-13,15-38,64-69H,1,6,14H2,2-3H3/b57-41-,62-59-. The Labute approximate surface area is 402 Å². The Kier molecular flexibility index (Phi) is 12.8. The molecular weight excluding hydrogens is 855 g/mol. The second-order valence-corrected chi connectivity index (χ2v) is 17.1. The fraction of sp³-hybridized carbons (Fsp3) is 0.0645. The molecule has 0 amide bonds. The highest BCUT2D eigenvalue weighted by molar-refractivity contribution is 5.94. The van der Waals surface area contributed by atoms with Crippen LogP contribution in [0.25, 0.3) is 66.8 Å². The van der Waals surface area contributed by atoms with Crippen molar-refractivity contribution in [2.24, 2.45) is 0 Å². The normalized spacial score (nSPS) is 13.0. The number of phenolic OH excluding ortho intramolecular Hbond substituents is 3. The largest absolute Gasteiger partial charge is 0.510 e. The average molecular weight is 906 g/mol. The lowest BCUT2D eigenvalue weighted by Gasteiger charge is -2.31. The van der Waals surface area contributed by atoms with Crippen molar-refractivity contribution in [3.05, 3.63) is 246 Å². The van der Waals surface area contributed by atoms with Crippen LogP contribution in [0.1, 0.15) is 36.5 Å². The van der Waals surface area contributed by atoms with Crippen molar-refractivity contribution < 1.29 is 30.6 Å². The van der Waals surface area contributed by atoms with Gasteiger partial charge in [0, 0.05) is 16.8 Å². The summed E-state index contributed by atoms with van der Waals surface area (Å²) in [5.41, 5.74) is 9.77. The van der Waals surface area contributed by atoms with Crippen molar-refractivity contribution in [1.29, 1.82) is 0 Å². The number of aromatic hydroxyl groups is 3. The van der Waals surface area contributed by atoms with Crippen LogP contribution < -0.4 is 4.90 Å². The van der Waals surface area contributed by atoms with Crippen LogP contribution in [0.2, 0.25) is 0 Å². The van der Waals surface area contributed by atoms with E-state index in [9.17, 15) is 30.6 Å². The molecule has 1 aliphatic carbocycles. The number of anilines is 2. The molecule has 0 aliphatic heterocycles. The Balaban J connectivity index is 1.22. The van der Waals surface area contributed by atoms with Gasteiger partial charge in [0.25, 0.3) is 0 Å². The van der Waals surface area contributed by atoms with Crippen LogP contribution in [-0.4, -0.2) is 30.6 Å². The van der Waals surface area contributed by atoms with Gasteiger partial charge in [-0.25, -0.2) is 0 Å². The molecule has 0 fully saturated rings. The zero-order valence-corrected chi connectivity index (χ0v) is 38.3. The van der Waals surface area contributed by atoms with E-state index in [1.165, 1.54) is 11.8 Å². The van der Waals surface area contributed by atoms with Gasteiger partial charge in [-0.05, 0) is 142 Å². The third kappa shape index (κ3) is 9.14. The van der Waals surface area contributed by atoms with E-state index in [4.69, 9.17) is 0 Å². The lowest BCUT2D eigenvalue weighted by molar-refractivity contribution is 0.336. The Bertz CT molecular complexity index is 3240. The van der Waals surface area contributed by atoms with E-state index in [2.05, 4.69) is 30.9 Å². The summed E-state index contributed by atoms with van der Waals surface area (Å²) in [7, 11) is 0. The number of aliphatic hydroxyl groups excluding tert-OH is 3. The average Bonchev–Trinajstić information content (AvgIpc) is 3.40. The Morgan fingerprint density at radius 3 is 1.42 bits per heavy atom. The molecule has 340 valence electrons. The third-order valence-electron chi connectivity index (χ3n) is 12.5. The second-order valence-electron chi connectivity index (χ2n) is 17.1. The van der Waals surface area contributed by atoms with Crippen LogP contribution in [-0.2, 0) is 0 Å². The molecule has 0 aromatic heterocycles. The fourth-order valence-electron chi connectivity index (χ4n) is 8.96. The van der Waals surface area contributed by atoms with E-state index < -0.39 is 28.8 Å². The minimum atomic E-state index is -0.777. The minimum Gasteiger partial charge on any atom is -0.510 e. The van der Waals surface area contributed by atoms with Gasteiger partial charge < -0.3 is 35.5 Å². The first-order valence-corrected chi connectivity index (χ1v) is 22.8. The summed E-state index contributed by atoms with van der Waals surface area (Å²) < 4.78 is 0. The van der Waals surface area contributed by atoms with Crippen LogP contribution in [0.5, 0.6) is 17.2 Å². The molecule has 6 N–H and O–H groups in total. The number of benzene rings is 8. The van der Waals surface area contributed by atoms with E-state index in [0.29, 0.717) is 16.8 Å². The van der Waals surface area contributed by atoms with Crippen LogP contribution >= 0.6 is 0 Å². The molecule has 0 spiro atoms. The predicted octanol–water partition coefficient (Wildman–Crippen LogP) is 16.1. The number of nitrogens with zero attached hydrogens (tertiary/aromatic N) is 1. The number of allylic oxidation sites excluding steroid dienone is 6. The van der Waals surface area contributed by atoms with Gasteiger partial charge in [0.2, 0.25) is 0 Å².